The predicted octanol–water partition coefficient (Wildman–Crippen LogP) is 4.22. The molecule has 18 heavy (non-hydrogen) atoms. The summed E-state index contributed by atoms with van der Waals surface area (Å²) in [6.45, 7) is 4.59. The van der Waals surface area contributed by atoms with Crippen LogP contribution in [0.3, 0.4) is 0 Å². The highest BCUT2D eigenvalue weighted by Crippen LogP contribution is 2.37. The molecular formula is C15H22FNO. The summed E-state index contributed by atoms with van der Waals surface area (Å²) in [6, 6.07) is 5.42. The minimum Gasteiger partial charge on any atom is -0.494 e. The van der Waals surface area contributed by atoms with Crippen LogP contribution in [0.2, 0.25) is 0 Å². The first kappa shape index (κ1) is 13.2. The van der Waals surface area contributed by atoms with Crippen LogP contribution < -0.4 is 10.1 Å². The average Bonchev–Trinajstić information content (AvgIpc) is 2.34. The summed E-state index contributed by atoms with van der Waals surface area (Å²) < 4.78 is 18.4. The zero-order chi connectivity index (χ0) is 13.2. The van der Waals surface area contributed by atoms with Crippen LogP contribution in [0.25, 0.3) is 0 Å². The number of halogens is 1. The Bertz CT molecular complexity index is 417. The van der Waals surface area contributed by atoms with Gasteiger partial charge in [-0.2, -0.15) is 0 Å². The summed E-state index contributed by atoms with van der Waals surface area (Å²) in [5.41, 5.74) is 1.23. The van der Waals surface area contributed by atoms with Crippen LogP contribution in [0.4, 0.5) is 10.1 Å². The van der Waals surface area contributed by atoms with Crippen molar-refractivity contribution in [2.75, 3.05) is 12.4 Å². The molecule has 2 nitrogen and oxygen atoms in total. The molecule has 0 bridgehead atoms. The lowest BCUT2D eigenvalue weighted by Crippen LogP contribution is -2.38. The van der Waals surface area contributed by atoms with Gasteiger partial charge in [-0.15, -0.1) is 0 Å². The van der Waals surface area contributed by atoms with E-state index in [4.69, 9.17) is 4.74 Å². The first-order chi connectivity index (χ1) is 8.53. The van der Waals surface area contributed by atoms with Crippen LogP contribution in [0.5, 0.6) is 5.75 Å². The van der Waals surface area contributed by atoms with Gasteiger partial charge in [0.15, 0.2) is 11.6 Å². The molecule has 1 saturated carbocycles. The Kier molecular flexibility index (Phi) is 3.79. The zero-order valence-electron chi connectivity index (χ0n) is 11.4. The topological polar surface area (TPSA) is 21.3 Å². The van der Waals surface area contributed by atoms with E-state index in [0.717, 1.165) is 5.69 Å². The molecule has 1 unspecified atom stereocenters. The molecule has 0 aromatic heterocycles. The van der Waals surface area contributed by atoms with Crippen molar-refractivity contribution in [3.63, 3.8) is 0 Å². The fourth-order valence-corrected chi connectivity index (χ4v) is 2.71. The first-order valence-electron chi connectivity index (χ1n) is 6.63. The van der Waals surface area contributed by atoms with Crippen molar-refractivity contribution in [3.8, 4) is 5.75 Å². The standard InChI is InChI=1S/C15H22FNO/c1-15(2)9-5-4-6-14(15)17-11-7-8-12(16)13(10-11)18-3/h7-8,10,14,17H,4-6,9H2,1-3H3. The van der Waals surface area contributed by atoms with Gasteiger partial charge in [0, 0.05) is 17.8 Å². The van der Waals surface area contributed by atoms with Gasteiger partial charge in [0.1, 0.15) is 0 Å². The highest BCUT2D eigenvalue weighted by atomic mass is 19.1. The fraction of sp³-hybridized carbons (Fsp3) is 0.600. The van der Waals surface area contributed by atoms with Gasteiger partial charge >= 0.3 is 0 Å². The second kappa shape index (κ2) is 5.17. The average molecular weight is 251 g/mol. The van der Waals surface area contributed by atoms with Crippen molar-refractivity contribution in [2.45, 2.75) is 45.6 Å². The normalized spacial score (nSPS) is 22.6. The van der Waals surface area contributed by atoms with Crippen LogP contribution in [-0.2, 0) is 0 Å². The summed E-state index contributed by atoms with van der Waals surface area (Å²) in [6.07, 6.45) is 4.98. The maximum atomic E-state index is 13.3. The van der Waals surface area contributed by atoms with Crippen LogP contribution in [0.15, 0.2) is 18.2 Å². The molecule has 1 aliphatic rings. The lowest BCUT2D eigenvalue weighted by atomic mass is 9.73. The third kappa shape index (κ3) is 2.77. The van der Waals surface area contributed by atoms with Crippen LogP contribution in [0, 0.1) is 11.2 Å². The molecule has 3 heteroatoms. The third-order valence-corrected chi connectivity index (χ3v) is 4.00. The van der Waals surface area contributed by atoms with Gasteiger partial charge < -0.3 is 10.1 Å². The van der Waals surface area contributed by atoms with Gasteiger partial charge in [0.2, 0.25) is 0 Å². The number of benzene rings is 1. The Labute approximate surface area is 109 Å². The number of ether oxygens (including phenoxy) is 1. The van der Waals surface area contributed by atoms with E-state index < -0.39 is 0 Å². The maximum Gasteiger partial charge on any atom is 0.165 e. The Morgan fingerprint density at radius 2 is 2.11 bits per heavy atom. The van der Waals surface area contributed by atoms with Gasteiger partial charge in [-0.25, -0.2) is 4.39 Å². The van der Waals surface area contributed by atoms with Crippen LogP contribution in [0.1, 0.15) is 39.5 Å². The van der Waals surface area contributed by atoms with E-state index in [-0.39, 0.29) is 5.82 Å². The first-order valence-corrected chi connectivity index (χ1v) is 6.63. The van der Waals surface area contributed by atoms with Crippen molar-refractivity contribution in [3.05, 3.63) is 24.0 Å². The number of hydrogen-bond acceptors (Lipinski definition) is 2. The van der Waals surface area contributed by atoms with E-state index in [1.807, 2.05) is 0 Å². The summed E-state index contributed by atoms with van der Waals surface area (Å²) >= 11 is 0. The molecule has 1 aliphatic carbocycles. The van der Waals surface area contributed by atoms with Crippen molar-refractivity contribution >= 4 is 5.69 Å². The minimum absolute atomic E-state index is 0.292. The lowest BCUT2D eigenvalue weighted by Gasteiger charge is -2.39. The fourth-order valence-electron chi connectivity index (χ4n) is 2.71. The second-order valence-electron chi connectivity index (χ2n) is 5.78. The lowest BCUT2D eigenvalue weighted by molar-refractivity contribution is 0.217. The van der Waals surface area contributed by atoms with Crippen molar-refractivity contribution in [2.24, 2.45) is 5.41 Å². The molecule has 100 valence electrons. The molecule has 1 atom stereocenters. The molecule has 1 N–H and O–H groups in total. The van der Waals surface area contributed by atoms with E-state index in [9.17, 15) is 4.39 Å². The quantitative estimate of drug-likeness (QED) is 0.868. The molecule has 0 saturated heterocycles. The van der Waals surface area contributed by atoms with E-state index in [1.165, 1.54) is 38.9 Å². The SMILES string of the molecule is COc1cc(NC2CCCCC2(C)C)ccc1F. The Morgan fingerprint density at radius 1 is 1.33 bits per heavy atom. The highest BCUT2D eigenvalue weighted by Gasteiger charge is 2.32. The van der Waals surface area contributed by atoms with Gasteiger partial charge in [-0.3, -0.25) is 0 Å². The molecule has 0 spiro atoms. The predicted molar refractivity (Wildman–Crippen MR) is 72.6 cm³/mol. The number of anilines is 1. The molecule has 1 aromatic carbocycles. The number of hydrogen-bond donors (Lipinski definition) is 1. The van der Waals surface area contributed by atoms with Gasteiger partial charge in [0.05, 0.1) is 7.11 Å². The third-order valence-electron chi connectivity index (χ3n) is 4.00. The second-order valence-corrected chi connectivity index (χ2v) is 5.78. The van der Waals surface area contributed by atoms with E-state index in [1.54, 1.807) is 12.1 Å². The van der Waals surface area contributed by atoms with Crippen LogP contribution >= 0.6 is 0 Å². The summed E-state index contributed by atoms with van der Waals surface area (Å²) in [5.74, 6) is -0.0143. The summed E-state index contributed by atoms with van der Waals surface area (Å²) in [4.78, 5) is 0. The maximum absolute atomic E-state index is 13.3. The molecule has 1 fully saturated rings. The number of rotatable bonds is 3. The van der Waals surface area contributed by atoms with E-state index in [2.05, 4.69) is 19.2 Å². The van der Waals surface area contributed by atoms with Crippen molar-refractivity contribution in [1.82, 2.24) is 0 Å². The Balaban J connectivity index is 2.13. The molecular weight excluding hydrogens is 229 g/mol. The van der Waals surface area contributed by atoms with Crippen molar-refractivity contribution < 1.29 is 9.13 Å². The molecule has 0 amide bonds. The Hall–Kier alpha value is -1.25. The van der Waals surface area contributed by atoms with E-state index >= 15 is 0 Å². The van der Waals surface area contributed by atoms with Crippen LogP contribution in [-0.4, -0.2) is 13.2 Å². The molecule has 0 aliphatic heterocycles. The summed E-state index contributed by atoms with van der Waals surface area (Å²) in [5, 5.41) is 3.53. The zero-order valence-corrected chi connectivity index (χ0v) is 11.4. The smallest absolute Gasteiger partial charge is 0.165 e. The van der Waals surface area contributed by atoms with Gasteiger partial charge in [-0.1, -0.05) is 26.7 Å². The van der Waals surface area contributed by atoms with Gasteiger partial charge in [0.25, 0.3) is 0 Å². The molecule has 1 aromatic rings. The molecule has 2 rings (SSSR count). The Morgan fingerprint density at radius 3 is 2.78 bits per heavy atom. The summed E-state index contributed by atoms with van der Waals surface area (Å²) in [7, 11) is 1.49. The highest BCUT2D eigenvalue weighted by molar-refractivity contribution is 5.49. The van der Waals surface area contributed by atoms with Gasteiger partial charge in [-0.05, 0) is 30.4 Å². The largest absolute Gasteiger partial charge is 0.494 e. The number of methoxy groups -OCH3 is 1. The number of nitrogens with one attached hydrogen (secondary N) is 1. The van der Waals surface area contributed by atoms with Crippen molar-refractivity contribution in [1.29, 1.82) is 0 Å². The molecule has 0 heterocycles. The monoisotopic (exact) mass is 251 g/mol. The van der Waals surface area contributed by atoms with E-state index in [0.29, 0.717) is 17.2 Å². The molecule has 0 radical (unpaired) electrons. The minimum atomic E-state index is -0.314.